The minimum Gasteiger partial charge on any atom is -0.790 e. The maximum absolute atomic E-state index is 12.7. The Labute approximate surface area is 230 Å². The molecule has 0 aliphatic heterocycles. The standard InChI is InChI=1S/C22H37O6P.2Na/c1-20(24)10-11-21(2)14(12-20)4-5-15-16-6-7-18(19(23)13-28-29(25,26)27)22(16,3)9-8-17(15)21;;/h14-18,24H,4-13H2,1-3H3,(H2,25,26,27);;/q;2*+1/p-2/t14?,15-,16-,17?,18+,20+,21-,22-;;/m0../s1. The molecule has 166 valence electrons. The summed E-state index contributed by atoms with van der Waals surface area (Å²) in [6.07, 6.45) is 8.99. The van der Waals surface area contributed by atoms with E-state index in [0.717, 1.165) is 57.8 Å². The maximum Gasteiger partial charge on any atom is 1.00 e. The van der Waals surface area contributed by atoms with Gasteiger partial charge in [0.1, 0.15) is 6.61 Å². The molecule has 8 atom stereocenters. The molecule has 0 amide bonds. The zero-order chi connectivity index (χ0) is 21.2. The number of hydrogen-bond donors (Lipinski definition) is 1. The first kappa shape index (κ1) is 29.0. The van der Waals surface area contributed by atoms with Crippen molar-refractivity contribution in [2.24, 2.45) is 40.4 Å². The Balaban J connectivity index is 0.00000171. The molecule has 6 nitrogen and oxygen atoms in total. The van der Waals surface area contributed by atoms with E-state index in [0.29, 0.717) is 23.7 Å². The van der Waals surface area contributed by atoms with Gasteiger partial charge in [0.25, 0.3) is 0 Å². The molecule has 4 aliphatic carbocycles. The van der Waals surface area contributed by atoms with E-state index in [1.165, 1.54) is 0 Å². The molecule has 1 N–H and O–H groups in total. The van der Waals surface area contributed by atoms with Crippen LogP contribution in [0.4, 0.5) is 0 Å². The monoisotopic (exact) mass is 472 g/mol. The minimum atomic E-state index is -5.12. The summed E-state index contributed by atoms with van der Waals surface area (Å²) in [5.74, 6) is 1.85. The molecule has 4 aliphatic rings. The summed E-state index contributed by atoms with van der Waals surface area (Å²) in [6.45, 7) is 6.02. The normalized spacial score (nSPS) is 46.6. The predicted molar refractivity (Wildman–Crippen MR) is 104 cm³/mol. The second kappa shape index (κ2) is 10.0. The van der Waals surface area contributed by atoms with E-state index in [9.17, 15) is 24.3 Å². The van der Waals surface area contributed by atoms with Gasteiger partial charge in [-0.15, -0.1) is 0 Å². The average Bonchev–Trinajstić information content (AvgIpc) is 2.97. The van der Waals surface area contributed by atoms with Gasteiger partial charge in [-0.2, -0.15) is 0 Å². The van der Waals surface area contributed by atoms with Crippen molar-refractivity contribution in [3.05, 3.63) is 0 Å². The Morgan fingerprint density at radius 2 is 1.61 bits per heavy atom. The number of aliphatic hydroxyl groups is 1. The molecule has 0 radical (unpaired) electrons. The van der Waals surface area contributed by atoms with Gasteiger partial charge in [0.2, 0.25) is 0 Å². The molecule has 4 fully saturated rings. The van der Waals surface area contributed by atoms with Crippen molar-refractivity contribution in [2.45, 2.75) is 84.2 Å². The van der Waals surface area contributed by atoms with E-state index < -0.39 is 20.0 Å². The third-order valence-corrected chi connectivity index (χ3v) is 10.2. The van der Waals surface area contributed by atoms with Gasteiger partial charge in [0, 0.05) is 5.92 Å². The topological polar surface area (TPSA) is 110 Å². The van der Waals surface area contributed by atoms with Crippen LogP contribution in [0.2, 0.25) is 0 Å². The Hall–Kier alpha value is 1.74. The second-order valence-electron chi connectivity index (χ2n) is 11.2. The first-order valence-corrected chi connectivity index (χ1v) is 12.7. The summed E-state index contributed by atoms with van der Waals surface area (Å²) in [5.41, 5.74) is -0.385. The number of phosphoric acid groups is 1. The zero-order valence-corrected chi connectivity index (χ0v) is 24.8. The average molecular weight is 472 g/mol. The van der Waals surface area contributed by atoms with Crippen LogP contribution < -0.4 is 68.9 Å². The minimum absolute atomic E-state index is 0. The summed E-state index contributed by atoms with van der Waals surface area (Å²) in [7, 11) is -5.12. The summed E-state index contributed by atoms with van der Waals surface area (Å²) < 4.78 is 15.1. The summed E-state index contributed by atoms with van der Waals surface area (Å²) in [6, 6.07) is 0. The fourth-order valence-corrected chi connectivity index (χ4v) is 8.49. The van der Waals surface area contributed by atoms with Crippen LogP contribution in [0.3, 0.4) is 0 Å². The summed E-state index contributed by atoms with van der Waals surface area (Å²) >= 11 is 0. The zero-order valence-electron chi connectivity index (χ0n) is 19.9. The SMILES string of the molecule is C[C@@]1(O)CC[C@@]2(C)C(CC[C@@H]3C2CC[C@]2(C)[C@@H](C(=O)COP(=O)([O-])[O-])CC[C@@H]32)C1.[Na+].[Na+]. The molecule has 2 unspecified atom stereocenters. The second-order valence-corrected chi connectivity index (χ2v) is 12.4. The van der Waals surface area contributed by atoms with E-state index >= 15 is 0 Å². The fraction of sp³-hybridized carbons (Fsp3) is 0.955. The molecule has 0 aromatic heterocycles. The van der Waals surface area contributed by atoms with Gasteiger partial charge in [-0.05, 0) is 99.2 Å². The van der Waals surface area contributed by atoms with Crippen LogP contribution in [0.15, 0.2) is 0 Å². The molecule has 0 aromatic rings. The largest absolute Gasteiger partial charge is 1.00 e. The summed E-state index contributed by atoms with van der Waals surface area (Å²) in [5, 5.41) is 10.6. The van der Waals surface area contributed by atoms with Gasteiger partial charge in [0.15, 0.2) is 5.78 Å². The van der Waals surface area contributed by atoms with Crippen LogP contribution in [-0.2, 0) is 13.9 Å². The smallest absolute Gasteiger partial charge is 0.790 e. The Kier molecular flexibility index (Phi) is 9.36. The molecule has 31 heavy (non-hydrogen) atoms. The van der Waals surface area contributed by atoms with Crippen molar-refractivity contribution in [3.63, 3.8) is 0 Å². The van der Waals surface area contributed by atoms with Crippen LogP contribution in [0, 0.1) is 40.4 Å². The molecule has 4 saturated carbocycles. The van der Waals surface area contributed by atoms with Gasteiger partial charge in [-0.25, -0.2) is 0 Å². The molecule has 9 heteroatoms. The van der Waals surface area contributed by atoms with Crippen LogP contribution in [0.1, 0.15) is 78.6 Å². The molecule has 0 spiro atoms. The predicted octanol–water partition coefficient (Wildman–Crippen LogP) is -3.18. The molecule has 4 rings (SSSR count). The number of phosphoric ester groups is 1. The van der Waals surface area contributed by atoms with Gasteiger partial charge in [0.05, 0.1) is 13.4 Å². The van der Waals surface area contributed by atoms with Gasteiger partial charge < -0.3 is 24.0 Å². The third-order valence-electron chi connectivity index (χ3n) is 9.71. The van der Waals surface area contributed by atoms with Gasteiger partial charge >= 0.3 is 59.1 Å². The number of ketones is 1. The molecule has 0 heterocycles. The van der Waals surface area contributed by atoms with Crippen molar-refractivity contribution < 1.29 is 87.9 Å². The van der Waals surface area contributed by atoms with Crippen molar-refractivity contribution in [1.82, 2.24) is 0 Å². The van der Waals surface area contributed by atoms with Crippen molar-refractivity contribution in [2.75, 3.05) is 6.61 Å². The summed E-state index contributed by atoms with van der Waals surface area (Å²) in [4.78, 5) is 34.3. The van der Waals surface area contributed by atoms with Crippen LogP contribution in [0.5, 0.6) is 0 Å². The Bertz CT molecular complexity index is 727. The quantitative estimate of drug-likeness (QED) is 0.341. The van der Waals surface area contributed by atoms with Crippen molar-refractivity contribution >= 4 is 13.6 Å². The molecular formula is C22H35Na2O6P. The van der Waals surface area contributed by atoms with E-state index in [1.54, 1.807) is 0 Å². The van der Waals surface area contributed by atoms with E-state index in [2.05, 4.69) is 18.4 Å². The Morgan fingerprint density at radius 3 is 2.26 bits per heavy atom. The van der Waals surface area contributed by atoms with E-state index in [-0.39, 0.29) is 81.6 Å². The van der Waals surface area contributed by atoms with Crippen LogP contribution in [-0.4, -0.2) is 23.1 Å². The van der Waals surface area contributed by atoms with E-state index in [4.69, 9.17) is 0 Å². The maximum atomic E-state index is 12.7. The molecule has 0 saturated heterocycles. The third kappa shape index (κ3) is 5.45. The molecular weight excluding hydrogens is 437 g/mol. The number of carbonyl (C=O) groups excluding carboxylic acids is 1. The van der Waals surface area contributed by atoms with Crippen LogP contribution in [0.25, 0.3) is 0 Å². The first-order chi connectivity index (χ1) is 13.4. The van der Waals surface area contributed by atoms with E-state index in [1.807, 2.05) is 6.92 Å². The number of Topliss-reactive ketones (excluding diaryl/α,β-unsaturated/α-hetero) is 1. The van der Waals surface area contributed by atoms with Gasteiger partial charge in [-0.1, -0.05) is 13.8 Å². The number of hydrogen-bond acceptors (Lipinski definition) is 6. The molecule has 0 bridgehead atoms. The Morgan fingerprint density at radius 1 is 0.968 bits per heavy atom. The van der Waals surface area contributed by atoms with Gasteiger partial charge in [-0.3, -0.25) is 4.79 Å². The fourth-order valence-electron chi connectivity index (χ4n) is 8.20. The van der Waals surface area contributed by atoms with Crippen molar-refractivity contribution in [3.8, 4) is 0 Å². The number of fused-ring (bicyclic) bond motifs is 5. The number of rotatable bonds is 4. The van der Waals surface area contributed by atoms with Crippen LogP contribution >= 0.6 is 7.82 Å². The first-order valence-electron chi connectivity index (χ1n) is 11.3. The number of carbonyl (C=O) groups is 1. The van der Waals surface area contributed by atoms with Crippen molar-refractivity contribution in [1.29, 1.82) is 0 Å². The molecule has 0 aromatic carbocycles.